The molecular formula is C12H9BrN6O. The van der Waals surface area contributed by atoms with E-state index < -0.39 is 0 Å². The molecule has 0 fully saturated rings. The van der Waals surface area contributed by atoms with Gasteiger partial charge in [0.25, 0.3) is 0 Å². The number of aromatic amines is 1. The Morgan fingerprint density at radius 1 is 1.55 bits per heavy atom. The quantitative estimate of drug-likeness (QED) is 0.656. The molecule has 0 bridgehead atoms. The molecule has 20 heavy (non-hydrogen) atoms. The molecule has 0 radical (unpaired) electrons. The normalized spacial score (nSPS) is 10.9. The van der Waals surface area contributed by atoms with Crippen LogP contribution in [-0.2, 0) is 0 Å². The van der Waals surface area contributed by atoms with Crippen LogP contribution in [0.15, 0.2) is 28.9 Å². The molecule has 0 atom stereocenters. The zero-order valence-corrected chi connectivity index (χ0v) is 12.0. The van der Waals surface area contributed by atoms with Gasteiger partial charge in [-0.1, -0.05) is 0 Å². The average Bonchev–Trinajstić information content (AvgIpc) is 2.95. The third-order valence-electron chi connectivity index (χ3n) is 2.45. The van der Waals surface area contributed by atoms with Crippen LogP contribution in [0.3, 0.4) is 0 Å². The minimum Gasteiger partial charge on any atom is -0.359 e. The van der Waals surface area contributed by atoms with Gasteiger partial charge >= 0.3 is 0 Å². The van der Waals surface area contributed by atoms with Gasteiger partial charge in [0, 0.05) is 16.2 Å². The molecule has 2 aromatic rings. The monoisotopic (exact) mass is 332 g/mol. The van der Waals surface area contributed by atoms with Crippen LogP contribution in [0.1, 0.15) is 23.1 Å². The number of carbonyl (C=O) groups excluding carboxylic acids is 1. The number of carbonyl (C=O) groups is 1. The summed E-state index contributed by atoms with van der Waals surface area (Å²) in [5.41, 5.74) is 1.55. The van der Waals surface area contributed by atoms with E-state index in [1.807, 2.05) is 6.07 Å². The minimum atomic E-state index is -0.0164. The van der Waals surface area contributed by atoms with Crippen molar-refractivity contribution in [1.29, 1.82) is 5.26 Å². The van der Waals surface area contributed by atoms with Gasteiger partial charge in [0.1, 0.15) is 11.6 Å². The predicted octanol–water partition coefficient (Wildman–Crippen LogP) is 2.14. The number of benzene rings is 1. The van der Waals surface area contributed by atoms with E-state index >= 15 is 0 Å². The highest BCUT2D eigenvalue weighted by atomic mass is 79.9. The summed E-state index contributed by atoms with van der Waals surface area (Å²) in [6, 6.07) is 7.11. The number of hydrogen-bond acceptors (Lipinski definition) is 6. The minimum absolute atomic E-state index is 0.0164. The Balaban J connectivity index is 2.22. The molecule has 100 valence electrons. The smallest absolute Gasteiger partial charge is 0.216 e. The standard InChI is InChI=1S/C12H9BrN6O/c1-7(20)8-2-3-11(10(13)4-8)15-6-9(5-14)12-16-18-19-17-12/h2-4,6,15H,1H3,(H,16,17,18,19). The molecular weight excluding hydrogens is 324 g/mol. The van der Waals surface area contributed by atoms with E-state index in [0.717, 1.165) is 0 Å². The van der Waals surface area contributed by atoms with E-state index in [1.54, 1.807) is 18.2 Å². The highest BCUT2D eigenvalue weighted by molar-refractivity contribution is 9.10. The molecule has 8 heteroatoms. The average molecular weight is 333 g/mol. The highest BCUT2D eigenvalue weighted by Crippen LogP contribution is 2.24. The fourth-order valence-electron chi connectivity index (χ4n) is 1.42. The van der Waals surface area contributed by atoms with Gasteiger partial charge in [0.15, 0.2) is 5.78 Å². The summed E-state index contributed by atoms with van der Waals surface area (Å²) in [4.78, 5) is 11.3. The molecule has 0 amide bonds. The van der Waals surface area contributed by atoms with E-state index in [2.05, 4.69) is 41.9 Å². The van der Waals surface area contributed by atoms with E-state index in [4.69, 9.17) is 5.26 Å². The molecule has 0 spiro atoms. The lowest BCUT2D eigenvalue weighted by Gasteiger charge is -2.05. The van der Waals surface area contributed by atoms with E-state index in [9.17, 15) is 4.79 Å². The second-order valence-electron chi connectivity index (χ2n) is 3.80. The third-order valence-corrected chi connectivity index (χ3v) is 3.11. The Hall–Kier alpha value is -2.53. The number of rotatable bonds is 4. The van der Waals surface area contributed by atoms with Crippen molar-refractivity contribution in [3.05, 3.63) is 40.3 Å². The fraction of sp³-hybridized carbons (Fsp3) is 0.0833. The summed E-state index contributed by atoms with van der Waals surface area (Å²) < 4.78 is 0.715. The molecule has 1 aromatic heterocycles. The molecule has 0 aliphatic rings. The second kappa shape index (κ2) is 6.08. The van der Waals surface area contributed by atoms with Crippen molar-refractivity contribution in [2.24, 2.45) is 0 Å². The molecule has 7 nitrogen and oxygen atoms in total. The van der Waals surface area contributed by atoms with Crippen LogP contribution >= 0.6 is 15.9 Å². The number of H-pyrrole nitrogens is 1. The Morgan fingerprint density at radius 2 is 2.35 bits per heavy atom. The van der Waals surface area contributed by atoms with Crippen LogP contribution in [0.2, 0.25) is 0 Å². The Labute approximate surface area is 122 Å². The van der Waals surface area contributed by atoms with Crippen molar-refractivity contribution >= 4 is 33.0 Å². The first-order chi connectivity index (χ1) is 9.61. The maximum atomic E-state index is 11.3. The fourth-order valence-corrected chi connectivity index (χ4v) is 1.92. The first kappa shape index (κ1) is 13.9. The van der Waals surface area contributed by atoms with Crippen LogP contribution < -0.4 is 5.32 Å². The summed E-state index contributed by atoms with van der Waals surface area (Å²) in [6.45, 7) is 1.50. The van der Waals surface area contributed by atoms with Gasteiger partial charge < -0.3 is 5.32 Å². The van der Waals surface area contributed by atoms with Crippen molar-refractivity contribution in [3.63, 3.8) is 0 Å². The van der Waals surface area contributed by atoms with E-state index in [0.29, 0.717) is 15.7 Å². The molecule has 2 N–H and O–H groups in total. The number of allylic oxidation sites excluding steroid dienone is 1. The van der Waals surface area contributed by atoms with Crippen LogP contribution in [0.25, 0.3) is 5.57 Å². The van der Waals surface area contributed by atoms with Gasteiger partial charge in [-0.05, 0) is 46.3 Å². The number of hydrogen-bond donors (Lipinski definition) is 2. The first-order valence-electron chi connectivity index (χ1n) is 5.53. The lowest BCUT2D eigenvalue weighted by molar-refractivity contribution is 0.101. The number of anilines is 1. The largest absolute Gasteiger partial charge is 0.359 e. The Kier molecular flexibility index (Phi) is 4.22. The third kappa shape index (κ3) is 3.07. The van der Waals surface area contributed by atoms with Gasteiger partial charge in [0.05, 0.1) is 5.69 Å². The molecule has 2 rings (SSSR count). The molecule has 0 aliphatic heterocycles. The number of aromatic nitrogens is 4. The van der Waals surface area contributed by atoms with Gasteiger partial charge in [-0.25, -0.2) is 0 Å². The summed E-state index contributed by atoms with van der Waals surface area (Å²) in [5, 5.41) is 25.1. The number of nitrogens with one attached hydrogen (secondary N) is 2. The summed E-state index contributed by atoms with van der Waals surface area (Å²) in [5.74, 6) is 0.189. The number of nitrogens with zero attached hydrogens (tertiary/aromatic N) is 4. The van der Waals surface area contributed by atoms with Gasteiger partial charge in [-0.15, -0.1) is 10.2 Å². The van der Waals surface area contributed by atoms with Crippen LogP contribution in [0.4, 0.5) is 5.69 Å². The zero-order chi connectivity index (χ0) is 14.5. The van der Waals surface area contributed by atoms with Crippen LogP contribution in [0.5, 0.6) is 0 Å². The number of nitriles is 1. The lowest BCUT2D eigenvalue weighted by atomic mass is 10.1. The molecule has 0 unspecified atom stereocenters. The summed E-state index contributed by atoms with van der Waals surface area (Å²) in [6.07, 6.45) is 1.47. The molecule has 1 heterocycles. The molecule has 1 aromatic carbocycles. The topological polar surface area (TPSA) is 107 Å². The maximum absolute atomic E-state index is 11.3. The van der Waals surface area contributed by atoms with Crippen molar-refractivity contribution in [3.8, 4) is 6.07 Å². The zero-order valence-electron chi connectivity index (χ0n) is 10.4. The van der Waals surface area contributed by atoms with Crippen molar-refractivity contribution < 1.29 is 4.79 Å². The first-order valence-corrected chi connectivity index (χ1v) is 6.32. The predicted molar refractivity (Wildman–Crippen MR) is 75.5 cm³/mol. The van der Waals surface area contributed by atoms with E-state index in [-0.39, 0.29) is 17.2 Å². The molecule has 0 saturated carbocycles. The molecule has 0 saturated heterocycles. The number of Topliss-reactive ketones (excluding diaryl/α,β-unsaturated/α-hetero) is 1. The van der Waals surface area contributed by atoms with Gasteiger partial charge in [-0.3, -0.25) is 4.79 Å². The van der Waals surface area contributed by atoms with Crippen molar-refractivity contribution in [1.82, 2.24) is 20.6 Å². The summed E-state index contributed by atoms with van der Waals surface area (Å²) >= 11 is 3.36. The van der Waals surface area contributed by atoms with Crippen molar-refractivity contribution in [2.75, 3.05) is 5.32 Å². The molecule has 0 aliphatic carbocycles. The SMILES string of the molecule is CC(=O)c1ccc(NC=C(C#N)c2nn[nH]n2)c(Br)c1. The van der Waals surface area contributed by atoms with Gasteiger partial charge in [0.2, 0.25) is 5.82 Å². The van der Waals surface area contributed by atoms with Crippen LogP contribution in [0, 0.1) is 11.3 Å². The number of tetrazole rings is 1. The number of ketones is 1. The Bertz CT molecular complexity index is 701. The highest BCUT2D eigenvalue weighted by Gasteiger charge is 2.07. The van der Waals surface area contributed by atoms with Crippen LogP contribution in [-0.4, -0.2) is 26.4 Å². The maximum Gasteiger partial charge on any atom is 0.216 e. The van der Waals surface area contributed by atoms with Gasteiger partial charge in [-0.2, -0.15) is 10.5 Å². The van der Waals surface area contributed by atoms with E-state index in [1.165, 1.54) is 13.1 Å². The summed E-state index contributed by atoms with van der Waals surface area (Å²) in [7, 11) is 0. The van der Waals surface area contributed by atoms with Crippen molar-refractivity contribution in [2.45, 2.75) is 6.92 Å². The second-order valence-corrected chi connectivity index (χ2v) is 4.65. The Morgan fingerprint density at radius 3 is 2.90 bits per heavy atom. The lowest BCUT2D eigenvalue weighted by Crippen LogP contribution is -1.96. The number of halogens is 1.